The molecule has 4 heteroatoms. The van der Waals surface area contributed by atoms with Crippen molar-refractivity contribution < 1.29 is 4.79 Å². The van der Waals surface area contributed by atoms with Crippen LogP contribution in [0.1, 0.15) is 21.5 Å². The summed E-state index contributed by atoms with van der Waals surface area (Å²) in [6, 6.07) is 28.2. The van der Waals surface area contributed by atoms with E-state index < -0.39 is 0 Å². The molecule has 1 N–H and O–H groups in total. The second-order valence-electron chi connectivity index (χ2n) is 6.51. The van der Waals surface area contributed by atoms with Crippen LogP contribution < -0.4 is 5.32 Å². The highest BCUT2D eigenvalue weighted by molar-refractivity contribution is 7.98. The molecule has 0 saturated carbocycles. The van der Waals surface area contributed by atoms with Gasteiger partial charge >= 0.3 is 0 Å². The maximum Gasteiger partial charge on any atom is 0.251 e. The van der Waals surface area contributed by atoms with E-state index in [2.05, 4.69) is 58.8 Å². The zero-order chi connectivity index (χ0) is 19.2. The van der Waals surface area contributed by atoms with Crippen LogP contribution in [0.2, 0.25) is 0 Å². The molecular formula is C24H20N2OS. The summed E-state index contributed by atoms with van der Waals surface area (Å²) in [5, 5.41) is 3.96. The van der Waals surface area contributed by atoms with Gasteiger partial charge in [0.1, 0.15) is 0 Å². The molecule has 138 valence electrons. The van der Waals surface area contributed by atoms with Crippen LogP contribution in [-0.2, 0) is 12.3 Å². The molecule has 3 nitrogen and oxygen atoms in total. The van der Waals surface area contributed by atoms with Crippen LogP contribution >= 0.6 is 11.8 Å². The number of rotatable bonds is 6. The lowest BCUT2D eigenvalue weighted by molar-refractivity contribution is 0.0951. The van der Waals surface area contributed by atoms with Gasteiger partial charge in [0.05, 0.1) is 5.52 Å². The van der Waals surface area contributed by atoms with E-state index in [1.807, 2.05) is 48.2 Å². The van der Waals surface area contributed by atoms with Crippen molar-refractivity contribution in [1.29, 1.82) is 0 Å². The summed E-state index contributed by atoms with van der Waals surface area (Å²) in [6.07, 6.45) is 1.75. The number of aromatic nitrogens is 1. The van der Waals surface area contributed by atoms with E-state index in [4.69, 9.17) is 0 Å². The number of carbonyl (C=O) groups excluding carboxylic acids is 1. The molecule has 0 fully saturated rings. The molecule has 1 aromatic heterocycles. The van der Waals surface area contributed by atoms with Crippen molar-refractivity contribution in [1.82, 2.24) is 10.3 Å². The van der Waals surface area contributed by atoms with Crippen LogP contribution in [0, 0.1) is 0 Å². The molecule has 4 aromatic rings. The van der Waals surface area contributed by atoms with Crippen LogP contribution in [0.25, 0.3) is 10.9 Å². The van der Waals surface area contributed by atoms with Crippen molar-refractivity contribution in [2.75, 3.05) is 0 Å². The maximum absolute atomic E-state index is 12.5. The van der Waals surface area contributed by atoms with Gasteiger partial charge in [-0.3, -0.25) is 9.78 Å². The molecule has 3 aromatic carbocycles. The summed E-state index contributed by atoms with van der Waals surface area (Å²) < 4.78 is 0. The van der Waals surface area contributed by atoms with Crippen LogP contribution in [-0.4, -0.2) is 10.9 Å². The predicted molar refractivity (Wildman–Crippen MR) is 115 cm³/mol. The quantitative estimate of drug-likeness (QED) is 0.449. The number of fused-ring (bicyclic) bond motifs is 1. The lowest BCUT2D eigenvalue weighted by atomic mass is 10.1. The number of benzene rings is 3. The minimum atomic E-state index is -0.0757. The third-order valence-corrected chi connectivity index (χ3v) is 5.57. The van der Waals surface area contributed by atoms with Gasteiger partial charge in [0.25, 0.3) is 5.91 Å². The second-order valence-corrected chi connectivity index (χ2v) is 7.56. The first-order valence-corrected chi connectivity index (χ1v) is 10.2. The van der Waals surface area contributed by atoms with Gasteiger partial charge in [0, 0.05) is 34.3 Å². The van der Waals surface area contributed by atoms with Gasteiger partial charge in [-0.2, -0.15) is 0 Å². The number of pyridine rings is 1. The topological polar surface area (TPSA) is 42.0 Å². The average molecular weight is 385 g/mol. The maximum atomic E-state index is 12.5. The highest BCUT2D eigenvalue weighted by Gasteiger charge is 2.06. The zero-order valence-electron chi connectivity index (χ0n) is 15.3. The van der Waals surface area contributed by atoms with Crippen molar-refractivity contribution in [3.8, 4) is 0 Å². The SMILES string of the molecule is O=C(NCc1ccc(SCc2ccccc2)cc1)c1ccc2ncccc2c1. The molecule has 0 aliphatic heterocycles. The molecule has 4 rings (SSSR count). The van der Waals surface area contributed by atoms with E-state index in [0.717, 1.165) is 22.2 Å². The van der Waals surface area contributed by atoms with Crippen molar-refractivity contribution in [3.05, 3.63) is 108 Å². The number of carbonyl (C=O) groups is 1. The van der Waals surface area contributed by atoms with Gasteiger partial charge < -0.3 is 5.32 Å². The van der Waals surface area contributed by atoms with E-state index >= 15 is 0 Å². The molecule has 0 saturated heterocycles. The van der Waals surface area contributed by atoms with Crippen LogP contribution in [0.4, 0.5) is 0 Å². The number of hydrogen-bond acceptors (Lipinski definition) is 3. The number of hydrogen-bond donors (Lipinski definition) is 1. The van der Waals surface area contributed by atoms with E-state index in [1.54, 1.807) is 6.20 Å². The molecule has 0 unspecified atom stereocenters. The summed E-state index contributed by atoms with van der Waals surface area (Å²) in [5.74, 6) is 0.876. The van der Waals surface area contributed by atoms with Crippen LogP contribution in [0.3, 0.4) is 0 Å². The van der Waals surface area contributed by atoms with Crippen LogP contribution in [0.5, 0.6) is 0 Å². The fourth-order valence-electron chi connectivity index (χ4n) is 2.95. The smallest absolute Gasteiger partial charge is 0.251 e. The van der Waals surface area contributed by atoms with Crippen molar-refractivity contribution in [2.45, 2.75) is 17.2 Å². The lowest BCUT2D eigenvalue weighted by Gasteiger charge is -2.08. The number of thioether (sulfide) groups is 1. The first kappa shape index (κ1) is 18.3. The number of nitrogens with one attached hydrogen (secondary N) is 1. The van der Waals surface area contributed by atoms with Crippen molar-refractivity contribution in [3.63, 3.8) is 0 Å². The highest BCUT2D eigenvalue weighted by atomic mass is 32.2. The van der Waals surface area contributed by atoms with Crippen molar-refractivity contribution >= 4 is 28.6 Å². The Morgan fingerprint density at radius 1 is 0.857 bits per heavy atom. The molecule has 1 heterocycles. The summed E-state index contributed by atoms with van der Waals surface area (Å²) in [7, 11) is 0. The van der Waals surface area contributed by atoms with Gasteiger partial charge in [-0.05, 0) is 47.5 Å². The normalized spacial score (nSPS) is 10.7. The zero-order valence-corrected chi connectivity index (χ0v) is 16.2. The Balaban J connectivity index is 1.33. The van der Waals surface area contributed by atoms with E-state index in [9.17, 15) is 4.79 Å². The van der Waals surface area contributed by atoms with E-state index in [1.165, 1.54) is 10.5 Å². The molecule has 1 amide bonds. The molecule has 0 aliphatic rings. The molecule has 0 spiro atoms. The monoisotopic (exact) mass is 384 g/mol. The summed E-state index contributed by atoms with van der Waals surface area (Å²) in [5.41, 5.74) is 3.94. The molecule has 0 atom stereocenters. The molecular weight excluding hydrogens is 364 g/mol. The summed E-state index contributed by atoms with van der Waals surface area (Å²) >= 11 is 1.81. The Bertz CT molecular complexity index is 1080. The first-order chi connectivity index (χ1) is 13.8. The van der Waals surface area contributed by atoms with Gasteiger partial charge in [-0.25, -0.2) is 0 Å². The minimum absolute atomic E-state index is 0.0757. The Morgan fingerprint density at radius 2 is 1.68 bits per heavy atom. The van der Waals surface area contributed by atoms with E-state index in [0.29, 0.717) is 12.1 Å². The Morgan fingerprint density at radius 3 is 2.50 bits per heavy atom. The molecule has 0 aliphatic carbocycles. The number of amides is 1. The summed E-state index contributed by atoms with van der Waals surface area (Å²) in [4.78, 5) is 18.0. The largest absolute Gasteiger partial charge is 0.348 e. The average Bonchev–Trinajstić information content (AvgIpc) is 2.77. The standard InChI is InChI=1S/C24H20N2OS/c27-24(21-10-13-23-20(15-21)7-4-14-25-23)26-16-18-8-11-22(12-9-18)28-17-19-5-2-1-3-6-19/h1-15H,16-17H2,(H,26,27). The molecule has 0 radical (unpaired) electrons. The van der Waals surface area contributed by atoms with E-state index in [-0.39, 0.29) is 5.91 Å². The fraction of sp³-hybridized carbons (Fsp3) is 0.0833. The summed E-state index contributed by atoms with van der Waals surface area (Å²) in [6.45, 7) is 0.507. The third-order valence-electron chi connectivity index (χ3n) is 4.49. The highest BCUT2D eigenvalue weighted by Crippen LogP contribution is 2.23. The Kier molecular flexibility index (Phi) is 5.69. The fourth-order valence-corrected chi connectivity index (χ4v) is 3.80. The van der Waals surface area contributed by atoms with Gasteiger partial charge in [-0.1, -0.05) is 48.5 Å². The van der Waals surface area contributed by atoms with Gasteiger partial charge in [0.2, 0.25) is 0 Å². The third kappa shape index (κ3) is 4.59. The van der Waals surface area contributed by atoms with Gasteiger partial charge in [-0.15, -0.1) is 11.8 Å². The van der Waals surface area contributed by atoms with Crippen molar-refractivity contribution in [2.24, 2.45) is 0 Å². The Hall–Kier alpha value is -3.11. The first-order valence-electron chi connectivity index (χ1n) is 9.16. The second kappa shape index (κ2) is 8.72. The Labute approximate surface area is 168 Å². The lowest BCUT2D eigenvalue weighted by Crippen LogP contribution is -2.22. The van der Waals surface area contributed by atoms with Crippen LogP contribution in [0.15, 0.2) is 96.0 Å². The molecule has 0 bridgehead atoms. The van der Waals surface area contributed by atoms with Gasteiger partial charge in [0.15, 0.2) is 0 Å². The number of nitrogens with zero attached hydrogens (tertiary/aromatic N) is 1. The predicted octanol–water partition coefficient (Wildman–Crippen LogP) is 5.46. The minimum Gasteiger partial charge on any atom is -0.348 e. The molecule has 28 heavy (non-hydrogen) atoms.